The van der Waals surface area contributed by atoms with Gasteiger partial charge in [-0.15, -0.1) is 0 Å². The van der Waals surface area contributed by atoms with Crippen LogP contribution in [0.4, 0.5) is 0 Å². The maximum Gasteiger partial charge on any atom is 0.343 e. The first-order valence-corrected chi connectivity index (χ1v) is 11.5. The molecular formula is C27H30O9. The zero-order chi connectivity index (χ0) is 26.3. The van der Waals surface area contributed by atoms with Crippen molar-refractivity contribution in [2.75, 3.05) is 19.8 Å². The Bertz CT molecular complexity index is 1040. The van der Waals surface area contributed by atoms with Crippen molar-refractivity contribution in [2.24, 2.45) is 5.92 Å². The third-order valence-corrected chi connectivity index (χ3v) is 5.06. The first-order chi connectivity index (χ1) is 17.4. The van der Waals surface area contributed by atoms with Crippen molar-refractivity contribution in [3.63, 3.8) is 0 Å². The van der Waals surface area contributed by atoms with E-state index in [-0.39, 0.29) is 41.6 Å². The molecule has 0 fully saturated rings. The Kier molecular flexibility index (Phi) is 11.7. The van der Waals surface area contributed by atoms with E-state index in [0.29, 0.717) is 31.8 Å². The van der Waals surface area contributed by atoms with Crippen LogP contribution in [0.5, 0.6) is 17.2 Å². The average molecular weight is 499 g/mol. The Morgan fingerprint density at radius 1 is 0.944 bits per heavy atom. The fourth-order valence-corrected chi connectivity index (χ4v) is 2.78. The number of hydrogen-bond donors (Lipinski definition) is 0. The van der Waals surface area contributed by atoms with E-state index in [1.165, 1.54) is 18.2 Å². The van der Waals surface area contributed by atoms with Gasteiger partial charge in [0.15, 0.2) is 0 Å². The lowest BCUT2D eigenvalue weighted by Gasteiger charge is -2.12. The summed E-state index contributed by atoms with van der Waals surface area (Å²) < 4.78 is 26.0. The van der Waals surface area contributed by atoms with Crippen LogP contribution >= 0.6 is 0 Å². The van der Waals surface area contributed by atoms with Crippen LogP contribution < -0.4 is 14.2 Å². The lowest BCUT2D eigenvalue weighted by molar-refractivity contribution is -0.137. The van der Waals surface area contributed by atoms with E-state index >= 15 is 0 Å². The van der Waals surface area contributed by atoms with Crippen molar-refractivity contribution in [3.8, 4) is 17.2 Å². The molecular weight excluding hydrogens is 468 g/mol. The minimum atomic E-state index is -0.689. The van der Waals surface area contributed by atoms with Gasteiger partial charge in [0.2, 0.25) is 0 Å². The number of hydrogen-bond acceptors (Lipinski definition) is 9. The summed E-state index contributed by atoms with van der Waals surface area (Å²) in [6.07, 6.45) is 3.27. The minimum Gasteiger partial charge on any atom is -0.494 e. The standard InChI is InChI=1S/C27H30O9/c1-4-19(3)17-34-27(31)23-16-22(12-13-24(23)35-18-28)36-26(30)20-8-10-21(11-9-20)32-14-6-7-15-33-25(29)5-2/h5,8-13,16,18-19H,2,4,6-7,14-15,17H2,1,3H3. The van der Waals surface area contributed by atoms with E-state index in [2.05, 4.69) is 6.58 Å². The monoisotopic (exact) mass is 498 g/mol. The van der Waals surface area contributed by atoms with Crippen molar-refractivity contribution in [1.82, 2.24) is 0 Å². The molecule has 0 spiro atoms. The molecule has 192 valence electrons. The first-order valence-electron chi connectivity index (χ1n) is 11.5. The van der Waals surface area contributed by atoms with E-state index in [9.17, 15) is 19.2 Å². The molecule has 0 amide bonds. The highest BCUT2D eigenvalue weighted by Gasteiger charge is 2.18. The molecule has 0 aromatic heterocycles. The Morgan fingerprint density at radius 2 is 1.64 bits per heavy atom. The van der Waals surface area contributed by atoms with E-state index in [0.717, 1.165) is 12.5 Å². The number of esters is 3. The summed E-state index contributed by atoms with van der Waals surface area (Å²) in [7, 11) is 0. The number of carbonyl (C=O) groups excluding carboxylic acids is 4. The smallest absolute Gasteiger partial charge is 0.343 e. The molecule has 9 nitrogen and oxygen atoms in total. The predicted molar refractivity (Wildman–Crippen MR) is 130 cm³/mol. The molecule has 0 aliphatic rings. The van der Waals surface area contributed by atoms with E-state index in [1.54, 1.807) is 24.3 Å². The minimum absolute atomic E-state index is 0.000630. The van der Waals surface area contributed by atoms with Gasteiger partial charge in [-0.1, -0.05) is 26.8 Å². The topological polar surface area (TPSA) is 114 Å². The van der Waals surface area contributed by atoms with Crippen LogP contribution in [-0.2, 0) is 19.1 Å². The van der Waals surface area contributed by atoms with Gasteiger partial charge in [-0.05, 0) is 61.2 Å². The van der Waals surface area contributed by atoms with Gasteiger partial charge in [-0.3, -0.25) is 4.79 Å². The van der Waals surface area contributed by atoms with Crippen LogP contribution in [0.2, 0.25) is 0 Å². The fourth-order valence-electron chi connectivity index (χ4n) is 2.78. The largest absolute Gasteiger partial charge is 0.494 e. The second-order valence-electron chi connectivity index (χ2n) is 7.83. The van der Waals surface area contributed by atoms with Gasteiger partial charge in [0, 0.05) is 6.08 Å². The van der Waals surface area contributed by atoms with Gasteiger partial charge >= 0.3 is 17.9 Å². The highest BCUT2D eigenvalue weighted by atomic mass is 16.5. The van der Waals surface area contributed by atoms with E-state index in [1.807, 2.05) is 13.8 Å². The summed E-state index contributed by atoms with van der Waals surface area (Å²) in [4.78, 5) is 46.8. The number of ether oxygens (including phenoxy) is 5. The first kappa shape index (κ1) is 28.1. The van der Waals surface area contributed by atoms with Crippen LogP contribution in [0.15, 0.2) is 55.1 Å². The van der Waals surface area contributed by atoms with Crippen molar-refractivity contribution >= 4 is 24.4 Å². The zero-order valence-corrected chi connectivity index (χ0v) is 20.4. The molecule has 1 unspecified atom stereocenters. The lowest BCUT2D eigenvalue weighted by Crippen LogP contribution is -2.14. The second kappa shape index (κ2) is 15.0. The molecule has 0 bridgehead atoms. The highest BCUT2D eigenvalue weighted by Crippen LogP contribution is 2.26. The summed E-state index contributed by atoms with van der Waals surface area (Å²) in [6.45, 7) is 8.36. The Labute approximate surface area is 209 Å². The fraction of sp³-hybridized carbons (Fsp3) is 0.333. The van der Waals surface area contributed by atoms with Crippen LogP contribution in [-0.4, -0.2) is 44.2 Å². The van der Waals surface area contributed by atoms with Crippen molar-refractivity contribution in [3.05, 3.63) is 66.2 Å². The molecule has 0 saturated carbocycles. The van der Waals surface area contributed by atoms with Crippen molar-refractivity contribution in [2.45, 2.75) is 33.1 Å². The normalized spacial score (nSPS) is 11.1. The van der Waals surface area contributed by atoms with E-state index in [4.69, 9.17) is 23.7 Å². The molecule has 0 aliphatic heterocycles. The number of unbranched alkanes of at least 4 members (excludes halogenated alkanes) is 1. The Balaban J connectivity index is 1.94. The molecule has 2 rings (SSSR count). The molecule has 0 saturated heterocycles. The Hall–Kier alpha value is -4.14. The summed E-state index contributed by atoms with van der Waals surface area (Å²) in [5.74, 6) is -0.971. The maximum atomic E-state index is 12.6. The summed E-state index contributed by atoms with van der Waals surface area (Å²) in [5.41, 5.74) is 0.242. The molecule has 2 aromatic rings. The Morgan fingerprint density at radius 3 is 2.31 bits per heavy atom. The molecule has 1 atom stereocenters. The van der Waals surface area contributed by atoms with Gasteiger partial charge in [-0.25, -0.2) is 14.4 Å². The maximum absolute atomic E-state index is 12.6. The molecule has 36 heavy (non-hydrogen) atoms. The highest BCUT2D eigenvalue weighted by molar-refractivity contribution is 5.95. The lowest BCUT2D eigenvalue weighted by atomic mass is 10.1. The van der Waals surface area contributed by atoms with Crippen molar-refractivity contribution in [1.29, 1.82) is 0 Å². The SMILES string of the molecule is C=CC(=O)OCCCCOc1ccc(C(=O)Oc2ccc(OC=O)c(C(=O)OCC(C)CC)c2)cc1. The third-order valence-electron chi connectivity index (χ3n) is 5.06. The molecule has 0 heterocycles. The van der Waals surface area contributed by atoms with Gasteiger partial charge < -0.3 is 23.7 Å². The third kappa shape index (κ3) is 9.25. The zero-order valence-electron chi connectivity index (χ0n) is 20.4. The van der Waals surface area contributed by atoms with Gasteiger partial charge in [0.05, 0.1) is 25.4 Å². The average Bonchev–Trinajstić information content (AvgIpc) is 2.90. The molecule has 9 heteroatoms. The van der Waals surface area contributed by atoms with Gasteiger partial charge in [0.1, 0.15) is 22.8 Å². The van der Waals surface area contributed by atoms with E-state index < -0.39 is 17.9 Å². The summed E-state index contributed by atoms with van der Waals surface area (Å²) >= 11 is 0. The van der Waals surface area contributed by atoms with Crippen LogP contribution in [0.1, 0.15) is 53.8 Å². The molecule has 0 aliphatic carbocycles. The molecule has 2 aromatic carbocycles. The number of rotatable bonds is 15. The second-order valence-corrected chi connectivity index (χ2v) is 7.83. The van der Waals surface area contributed by atoms with Crippen LogP contribution in [0.3, 0.4) is 0 Å². The molecule has 0 radical (unpaired) electrons. The predicted octanol–water partition coefficient (Wildman–Crippen LogP) is 4.53. The van der Waals surface area contributed by atoms with Crippen LogP contribution in [0, 0.1) is 5.92 Å². The molecule has 0 N–H and O–H groups in total. The number of benzene rings is 2. The van der Waals surface area contributed by atoms with Gasteiger partial charge in [-0.2, -0.15) is 0 Å². The van der Waals surface area contributed by atoms with Crippen molar-refractivity contribution < 1.29 is 42.9 Å². The number of carbonyl (C=O) groups is 4. The van der Waals surface area contributed by atoms with Gasteiger partial charge in [0.25, 0.3) is 6.47 Å². The quantitative estimate of drug-likeness (QED) is 0.115. The van der Waals surface area contributed by atoms with Crippen LogP contribution in [0.25, 0.3) is 0 Å². The summed E-state index contributed by atoms with van der Waals surface area (Å²) in [6, 6.07) is 10.4. The summed E-state index contributed by atoms with van der Waals surface area (Å²) in [5, 5.41) is 0.